The number of hydrogen-bond acceptors (Lipinski definition) is 1. The third-order valence-corrected chi connectivity index (χ3v) is 2.79. The van der Waals surface area contributed by atoms with Gasteiger partial charge in [-0.1, -0.05) is 20.3 Å². The van der Waals surface area contributed by atoms with Crippen LogP contribution < -0.4 is 10.6 Å². The van der Waals surface area contributed by atoms with E-state index in [1.54, 1.807) is 0 Å². The maximum atomic E-state index is 4.59. The molecular formula is C11H23N2. The van der Waals surface area contributed by atoms with Crippen LogP contribution in [0.25, 0.3) is 0 Å². The van der Waals surface area contributed by atoms with Gasteiger partial charge in [0, 0.05) is 12.6 Å². The number of piperidine rings is 1. The zero-order valence-corrected chi connectivity index (χ0v) is 9.05. The molecule has 1 N–H and O–H groups in total. The van der Waals surface area contributed by atoms with Gasteiger partial charge < -0.3 is 0 Å². The molecule has 0 aliphatic carbocycles. The van der Waals surface area contributed by atoms with Gasteiger partial charge in [0.05, 0.1) is 6.17 Å². The number of hydrogen-bond donors (Lipinski definition) is 1. The van der Waals surface area contributed by atoms with E-state index in [-0.39, 0.29) is 0 Å². The Hall–Kier alpha value is -0.0800. The second kappa shape index (κ2) is 6.39. The van der Waals surface area contributed by atoms with E-state index in [1.165, 1.54) is 38.5 Å². The minimum absolute atomic E-state index is 0.463. The van der Waals surface area contributed by atoms with Crippen molar-refractivity contribution in [1.82, 2.24) is 10.6 Å². The molecule has 1 heterocycles. The molecule has 1 aliphatic rings. The quantitative estimate of drug-likeness (QED) is 0.695. The lowest BCUT2D eigenvalue weighted by Gasteiger charge is -2.27. The molecule has 2 unspecified atom stereocenters. The van der Waals surface area contributed by atoms with Gasteiger partial charge in [0.1, 0.15) is 0 Å². The van der Waals surface area contributed by atoms with Crippen LogP contribution in [0.2, 0.25) is 0 Å². The molecule has 2 atom stereocenters. The Balaban J connectivity index is 2.18. The summed E-state index contributed by atoms with van der Waals surface area (Å²) in [5, 5.41) is 8.23. The van der Waals surface area contributed by atoms with E-state index in [9.17, 15) is 0 Å². The summed E-state index contributed by atoms with van der Waals surface area (Å²) in [6.45, 7) is 5.58. The van der Waals surface area contributed by atoms with Crippen molar-refractivity contribution in [3.05, 3.63) is 0 Å². The first-order valence-corrected chi connectivity index (χ1v) is 5.79. The standard InChI is InChI=1S/C11H23N2/c1-3-7-10(4-2)13-11-8-5-6-9-12-11/h10-11,13H,3-9H2,1-2H3. The van der Waals surface area contributed by atoms with Crippen molar-refractivity contribution in [1.29, 1.82) is 0 Å². The van der Waals surface area contributed by atoms with Crippen molar-refractivity contribution in [2.24, 2.45) is 0 Å². The fraction of sp³-hybridized carbons (Fsp3) is 1.00. The highest BCUT2D eigenvalue weighted by atomic mass is 15.1. The summed E-state index contributed by atoms with van der Waals surface area (Å²) in [6.07, 6.45) is 8.16. The van der Waals surface area contributed by atoms with Crippen LogP contribution >= 0.6 is 0 Å². The topological polar surface area (TPSA) is 26.1 Å². The molecule has 2 nitrogen and oxygen atoms in total. The molecule has 0 aromatic carbocycles. The van der Waals surface area contributed by atoms with Gasteiger partial charge in [-0.2, -0.15) is 0 Å². The molecule has 1 radical (unpaired) electrons. The predicted molar refractivity (Wildman–Crippen MR) is 56.8 cm³/mol. The molecule has 1 aliphatic heterocycles. The fourth-order valence-electron chi connectivity index (χ4n) is 1.95. The molecule has 0 aromatic rings. The van der Waals surface area contributed by atoms with E-state index >= 15 is 0 Å². The zero-order valence-electron chi connectivity index (χ0n) is 9.05. The number of nitrogens with zero attached hydrogens (tertiary/aromatic N) is 1. The number of nitrogens with one attached hydrogen (secondary N) is 1. The summed E-state index contributed by atoms with van der Waals surface area (Å²) in [5.41, 5.74) is 0. The normalized spacial score (nSPS) is 25.8. The average molecular weight is 183 g/mol. The van der Waals surface area contributed by atoms with Gasteiger partial charge in [-0.05, 0) is 32.1 Å². The van der Waals surface area contributed by atoms with E-state index in [1.807, 2.05) is 0 Å². The molecule has 2 heteroatoms. The summed E-state index contributed by atoms with van der Waals surface area (Å²) in [6, 6.07) is 0.692. The molecule has 0 amide bonds. The second-order valence-electron chi connectivity index (χ2n) is 3.98. The highest BCUT2D eigenvalue weighted by Crippen LogP contribution is 2.09. The van der Waals surface area contributed by atoms with Gasteiger partial charge >= 0.3 is 0 Å². The third kappa shape index (κ3) is 4.10. The van der Waals surface area contributed by atoms with Crippen molar-refractivity contribution in [3.63, 3.8) is 0 Å². The lowest BCUT2D eigenvalue weighted by molar-refractivity contribution is 0.292. The summed E-state index contributed by atoms with van der Waals surface area (Å²) in [5.74, 6) is 0. The van der Waals surface area contributed by atoms with E-state index in [0.29, 0.717) is 12.2 Å². The maximum absolute atomic E-state index is 4.59. The summed E-state index contributed by atoms with van der Waals surface area (Å²) < 4.78 is 0. The van der Waals surface area contributed by atoms with Gasteiger partial charge in [0.2, 0.25) is 0 Å². The van der Waals surface area contributed by atoms with Crippen LogP contribution in [0, 0.1) is 0 Å². The minimum Gasteiger partial charge on any atom is -0.298 e. The van der Waals surface area contributed by atoms with Gasteiger partial charge in [0.15, 0.2) is 0 Å². The highest BCUT2D eigenvalue weighted by Gasteiger charge is 2.16. The predicted octanol–water partition coefficient (Wildman–Crippen LogP) is 2.27. The van der Waals surface area contributed by atoms with Gasteiger partial charge in [0.25, 0.3) is 0 Å². The Bertz CT molecular complexity index is 117. The molecular weight excluding hydrogens is 160 g/mol. The molecule has 1 rings (SSSR count). The second-order valence-corrected chi connectivity index (χ2v) is 3.98. The van der Waals surface area contributed by atoms with Crippen molar-refractivity contribution < 1.29 is 0 Å². The first-order chi connectivity index (χ1) is 6.36. The van der Waals surface area contributed by atoms with Crippen molar-refractivity contribution >= 4 is 0 Å². The third-order valence-electron chi connectivity index (χ3n) is 2.79. The molecule has 0 saturated carbocycles. The van der Waals surface area contributed by atoms with Crippen molar-refractivity contribution in [3.8, 4) is 0 Å². The van der Waals surface area contributed by atoms with Gasteiger partial charge in [-0.25, -0.2) is 5.32 Å². The maximum Gasteiger partial charge on any atom is 0.0737 e. The fourth-order valence-corrected chi connectivity index (χ4v) is 1.95. The minimum atomic E-state index is 0.463. The highest BCUT2D eigenvalue weighted by molar-refractivity contribution is 4.74. The van der Waals surface area contributed by atoms with Crippen molar-refractivity contribution in [2.75, 3.05) is 6.54 Å². The largest absolute Gasteiger partial charge is 0.298 e. The molecule has 0 aromatic heterocycles. The van der Waals surface area contributed by atoms with Crippen LogP contribution in [0.15, 0.2) is 0 Å². The van der Waals surface area contributed by atoms with Gasteiger partial charge in [-0.15, -0.1) is 0 Å². The van der Waals surface area contributed by atoms with Crippen molar-refractivity contribution in [2.45, 2.75) is 64.6 Å². The van der Waals surface area contributed by atoms with Crippen LogP contribution in [-0.4, -0.2) is 18.8 Å². The Morgan fingerprint density at radius 1 is 1.38 bits per heavy atom. The first kappa shape index (κ1) is 11.0. The SMILES string of the molecule is CCCC(CC)NC1CCCC[N]1. The lowest BCUT2D eigenvalue weighted by Crippen LogP contribution is -2.45. The Kier molecular flexibility index (Phi) is 5.40. The summed E-state index contributed by atoms with van der Waals surface area (Å²) in [4.78, 5) is 0. The number of rotatable bonds is 5. The van der Waals surface area contributed by atoms with Crippen LogP contribution in [0.4, 0.5) is 0 Å². The average Bonchev–Trinajstić information content (AvgIpc) is 2.19. The Morgan fingerprint density at radius 2 is 2.23 bits per heavy atom. The van der Waals surface area contributed by atoms with E-state index < -0.39 is 0 Å². The van der Waals surface area contributed by atoms with Crippen LogP contribution in [-0.2, 0) is 0 Å². The molecule has 1 fully saturated rings. The van der Waals surface area contributed by atoms with E-state index in [0.717, 1.165) is 6.54 Å². The molecule has 77 valence electrons. The zero-order chi connectivity index (χ0) is 9.52. The van der Waals surface area contributed by atoms with E-state index in [4.69, 9.17) is 0 Å². The van der Waals surface area contributed by atoms with Crippen LogP contribution in [0.1, 0.15) is 52.4 Å². The van der Waals surface area contributed by atoms with Gasteiger partial charge in [-0.3, -0.25) is 5.32 Å². The Morgan fingerprint density at radius 3 is 2.77 bits per heavy atom. The Labute approximate surface area is 82.5 Å². The summed E-state index contributed by atoms with van der Waals surface area (Å²) >= 11 is 0. The van der Waals surface area contributed by atoms with Crippen LogP contribution in [0.5, 0.6) is 0 Å². The van der Waals surface area contributed by atoms with Crippen LogP contribution in [0.3, 0.4) is 0 Å². The smallest absolute Gasteiger partial charge is 0.0737 e. The monoisotopic (exact) mass is 183 g/mol. The summed E-state index contributed by atoms with van der Waals surface area (Å²) in [7, 11) is 0. The molecule has 13 heavy (non-hydrogen) atoms. The lowest BCUT2D eigenvalue weighted by atomic mass is 10.1. The van der Waals surface area contributed by atoms with E-state index in [2.05, 4.69) is 24.5 Å². The molecule has 1 saturated heterocycles. The molecule has 0 spiro atoms. The first-order valence-electron chi connectivity index (χ1n) is 5.79. The molecule has 0 bridgehead atoms.